The van der Waals surface area contributed by atoms with E-state index >= 15 is 0 Å². The minimum Gasteiger partial charge on any atom is -0.322 e. The summed E-state index contributed by atoms with van der Waals surface area (Å²) in [5.41, 5.74) is 0.757. The molecule has 9 heteroatoms. The van der Waals surface area contributed by atoms with Crippen LogP contribution in [0, 0.1) is 5.82 Å². The lowest BCUT2D eigenvalue weighted by Crippen LogP contribution is -2.28. The number of nitrogens with one attached hydrogen (secondary N) is 1. The summed E-state index contributed by atoms with van der Waals surface area (Å²) in [6.45, 7) is 0.975. The van der Waals surface area contributed by atoms with Gasteiger partial charge in [0.05, 0.1) is 16.9 Å². The van der Waals surface area contributed by atoms with E-state index in [4.69, 9.17) is 0 Å². The van der Waals surface area contributed by atoms with Crippen molar-refractivity contribution < 1.29 is 17.6 Å². The van der Waals surface area contributed by atoms with E-state index in [0.29, 0.717) is 18.8 Å². The van der Waals surface area contributed by atoms with E-state index in [9.17, 15) is 17.6 Å². The highest BCUT2D eigenvalue weighted by Gasteiger charge is 2.27. The van der Waals surface area contributed by atoms with Crippen molar-refractivity contribution in [2.45, 2.75) is 17.7 Å². The van der Waals surface area contributed by atoms with Gasteiger partial charge in [-0.05, 0) is 49.2 Å². The van der Waals surface area contributed by atoms with Gasteiger partial charge in [-0.25, -0.2) is 17.8 Å². The van der Waals surface area contributed by atoms with Crippen molar-refractivity contribution in [2.24, 2.45) is 0 Å². The highest BCUT2D eigenvalue weighted by Crippen LogP contribution is 2.23. The fourth-order valence-electron chi connectivity index (χ4n) is 3.27. The summed E-state index contributed by atoms with van der Waals surface area (Å²) in [6, 6.07) is 10.2. The van der Waals surface area contributed by atoms with Crippen LogP contribution in [-0.4, -0.2) is 41.3 Å². The Hall–Kier alpha value is -3.04. The van der Waals surface area contributed by atoms with Crippen LogP contribution in [0.25, 0.3) is 5.69 Å². The molecular weight excluding hydrogens is 395 g/mol. The van der Waals surface area contributed by atoms with E-state index in [1.54, 1.807) is 12.3 Å². The molecule has 0 saturated carbocycles. The molecule has 0 atom stereocenters. The third-order valence-corrected chi connectivity index (χ3v) is 6.68. The number of imidazole rings is 1. The smallest absolute Gasteiger partial charge is 0.255 e. The van der Waals surface area contributed by atoms with Gasteiger partial charge in [0.15, 0.2) is 0 Å². The van der Waals surface area contributed by atoms with Crippen LogP contribution < -0.4 is 5.32 Å². The third-order valence-electron chi connectivity index (χ3n) is 4.79. The Morgan fingerprint density at radius 2 is 1.90 bits per heavy atom. The van der Waals surface area contributed by atoms with Crippen molar-refractivity contribution in [1.29, 1.82) is 0 Å². The lowest BCUT2D eigenvalue weighted by atomic mass is 10.2. The third kappa shape index (κ3) is 3.92. The second-order valence-corrected chi connectivity index (χ2v) is 8.67. The number of nitrogens with zero attached hydrogens (tertiary/aromatic N) is 3. The maximum absolute atomic E-state index is 14.4. The molecule has 1 aromatic heterocycles. The van der Waals surface area contributed by atoms with Crippen LogP contribution >= 0.6 is 0 Å². The number of carbonyl (C=O) groups is 1. The number of halogens is 1. The molecule has 150 valence electrons. The summed E-state index contributed by atoms with van der Waals surface area (Å²) in [6.07, 6.45) is 6.30. The fourth-order valence-corrected chi connectivity index (χ4v) is 4.84. The lowest BCUT2D eigenvalue weighted by Gasteiger charge is -2.16. The van der Waals surface area contributed by atoms with Gasteiger partial charge in [-0.1, -0.05) is 6.07 Å². The number of benzene rings is 2. The van der Waals surface area contributed by atoms with Gasteiger partial charge in [0, 0.05) is 36.7 Å². The van der Waals surface area contributed by atoms with Gasteiger partial charge in [-0.2, -0.15) is 4.31 Å². The van der Waals surface area contributed by atoms with E-state index in [1.165, 1.54) is 57.8 Å². The topological polar surface area (TPSA) is 84.3 Å². The average Bonchev–Trinajstić information content (AvgIpc) is 3.42. The first-order valence-corrected chi connectivity index (χ1v) is 10.6. The number of hydrogen-bond donors (Lipinski definition) is 1. The van der Waals surface area contributed by atoms with Crippen LogP contribution in [0.4, 0.5) is 10.1 Å². The van der Waals surface area contributed by atoms with E-state index < -0.39 is 21.7 Å². The first kappa shape index (κ1) is 19.3. The average molecular weight is 414 g/mol. The minimum atomic E-state index is -3.62. The zero-order valence-corrected chi connectivity index (χ0v) is 16.3. The maximum Gasteiger partial charge on any atom is 0.255 e. The molecule has 1 N–H and O–H groups in total. The van der Waals surface area contributed by atoms with Gasteiger partial charge in [0.2, 0.25) is 10.0 Å². The Labute approximate surface area is 167 Å². The number of hydrogen-bond acceptors (Lipinski definition) is 4. The largest absolute Gasteiger partial charge is 0.322 e. The van der Waals surface area contributed by atoms with Gasteiger partial charge in [-0.3, -0.25) is 4.79 Å². The Morgan fingerprint density at radius 3 is 2.59 bits per heavy atom. The molecule has 2 aromatic carbocycles. The highest BCUT2D eigenvalue weighted by atomic mass is 32.2. The molecule has 1 aliphatic rings. The molecule has 0 unspecified atom stereocenters. The van der Waals surface area contributed by atoms with Gasteiger partial charge in [-0.15, -0.1) is 0 Å². The van der Waals surface area contributed by atoms with Crippen LogP contribution in [0.15, 0.2) is 66.1 Å². The van der Waals surface area contributed by atoms with Crippen LogP contribution in [0.1, 0.15) is 23.2 Å². The molecule has 2 heterocycles. The molecule has 29 heavy (non-hydrogen) atoms. The second-order valence-electron chi connectivity index (χ2n) is 6.73. The number of anilines is 1. The first-order chi connectivity index (χ1) is 13.9. The van der Waals surface area contributed by atoms with Gasteiger partial charge in [0.1, 0.15) is 5.82 Å². The summed E-state index contributed by atoms with van der Waals surface area (Å²) in [7, 11) is -3.62. The predicted molar refractivity (Wildman–Crippen MR) is 106 cm³/mol. The van der Waals surface area contributed by atoms with Crippen LogP contribution in [-0.2, 0) is 10.0 Å². The number of aromatic nitrogens is 2. The number of rotatable bonds is 5. The van der Waals surface area contributed by atoms with E-state index in [2.05, 4.69) is 10.3 Å². The summed E-state index contributed by atoms with van der Waals surface area (Å²) < 4.78 is 42.7. The molecule has 0 bridgehead atoms. The van der Waals surface area contributed by atoms with Gasteiger partial charge >= 0.3 is 0 Å². The number of sulfonamides is 1. The first-order valence-electron chi connectivity index (χ1n) is 9.14. The monoisotopic (exact) mass is 414 g/mol. The van der Waals surface area contributed by atoms with Crippen LogP contribution in [0.2, 0.25) is 0 Å². The molecule has 1 saturated heterocycles. The number of amides is 1. The Kier molecular flexibility index (Phi) is 5.16. The molecule has 1 aliphatic heterocycles. The molecular formula is C20H19FN4O3S. The predicted octanol–water partition coefficient (Wildman–Crippen LogP) is 3.05. The highest BCUT2D eigenvalue weighted by molar-refractivity contribution is 7.89. The van der Waals surface area contributed by atoms with Crippen molar-refractivity contribution in [1.82, 2.24) is 13.9 Å². The van der Waals surface area contributed by atoms with Crippen LogP contribution in [0.5, 0.6) is 0 Å². The second kappa shape index (κ2) is 7.76. The zero-order chi connectivity index (χ0) is 20.4. The molecule has 0 spiro atoms. The van der Waals surface area contributed by atoms with Crippen molar-refractivity contribution in [2.75, 3.05) is 18.4 Å². The summed E-state index contributed by atoms with van der Waals surface area (Å²) in [4.78, 5) is 16.5. The van der Waals surface area contributed by atoms with Crippen molar-refractivity contribution in [3.8, 4) is 5.69 Å². The van der Waals surface area contributed by atoms with E-state index in [0.717, 1.165) is 12.8 Å². The quantitative estimate of drug-likeness (QED) is 0.696. The SMILES string of the molecule is O=C(Nc1ccc(-n2ccnc2)c(F)c1)c1cccc(S(=O)(=O)N2CCCC2)c1. The van der Waals surface area contributed by atoms with E-state index in [-0.39, 0.29) is 16.1 Å². The normalized spacial score (nSPS) is 14.8. The molecule has 3 aromatic rings. The molecule has 4 rings (SSSR count). The molecule has 1 amide bonds. The van der Waals surface area contributed by atoms with Gasteiger partial charge < -0.3 is 9.88 Å². The van der Waals surface area contributed by atoms with Crippen LogP contribution in [0.3, 0.4) is 0 Å². The molecule has 1 fully saturated rings. The zero-order valence-electron chi connectivity index (χ0n) is 15.5. The van der Waals surface area contributed by atoms with Crippen molar-refractivity contribution in [3.63, 3.8) is 0 Å². The maximum atomic E-state index is 14.4. The summed E-state index contributed by atoms with van der Waals surface area (Å²) in [5.74, 6) is -1.04. The standard InChI is InChI=1S/C20H19FN4O3S/c21-18-13-16(6-7-19(18)24-11-8-22-14-24)23-20(26)15-4-3-5-17(12-15)29(27,28)25-9-1-2-10-25/h3-8,11-14H,1-2,9-10H2,(H,23,26). The minimum absolute atomic E-state index is 0.0775. The summed E-state index contributed by atoms with van der Waals surface area (Å²) >= 11 is 0. The summed E-state index contributed by atoms with van der Waals surface area (Å²) in [5, 5.41) is 2.61. The Morgan fingerprint density at radius 1 is 1.10 bits per heavy atom. The van der Waals surface area contributed by atoms with Gasteiger partial charge in [0.25, 0.3) is 5.91 Å². The van der Waals surface area contributed by atoms with E-state index in [1.807, 2.05) is 0 Å². The lowest BCUT2D eigenvalue weighted by molar-refractivity contribution is 0.102. The number of carbonyl (C=O) groups excluding carboxylic acids is 1. The van der Waals surface area contributed by atoms with Crippen molar-refractivity contribution >= 4 is 21.6 Å². The fraction of sp³-hybridized carbons (Fsp3) is 0.200. The molecule has 7 nitrogen and oxygen atoms in total. The Balaban J connectivity index is 1.54. The molecule has 0 aliphatic carbocycles. The van der Waals surface area contributed by atoms with Crippen molar-refractivity contribution in [3.05, 3.63) is 72.6 Å². The Bertz CT molecular complexity index is 1140. The molecule has 0 radical (unpaired) electrons.